The van der Waals surface area contributed by atoms with Gasteiger partial charge in [0, 0.05) is 31.2 Å². The molecular weight excluding hydrogens is 338 g/mol. The van der Waals surface area contributed by atoms with Crippen LogP contribution in [0.1, 0.15) is 57.8 Å². The number of rotatable bonds is 4. The molecule has 2 aliphatic carbocycles. The van der Waals surface area contributed by atoms with Gasteiger partial charge in [-0.15, -0.1) is 0 Å². The molecule has 3 aliphatic rings. The normalized spacial score (nSPS) is 28.5. The quantitative estimate of drug-likeness (QED) is 0.774. The van der Waals surface area contributed by atoms with Crippen molar-refractivity contribution in [1.29, 1.82) is 0 Å². The van der Waals surface area contributed by atoms with Crippen LogP contribution in [0.2, 0.25) is 0 Å². The molecule has 0 aromatic rings. The summed E-state index contributed by atoms with van der Waals surface area (Å²) in [7, 11) is -3.20. The van der Waals surface area contributed by atoms with E-state index in [-0.39, 0.29) is 24.2 Å². The van der Waals surface area contributed by atoms with E-state index in [2.05, 4.69) is 17.5 Å². The number of nitrogens with one attached hydrogen (secondary N) is 1. The van der Waals surface area contributed by atoms with E-state index in [1.54, 1.807) is 4.31 Å². The number of sulfonamides is 1. The fraction of sp³-hybridized carbons (Fsp3) is 0.833. The number of carbonyl (C=O) groups excluding carboxylic acids is 1. The van der Waals surface area contributed by atoms with Crippen molar-refractivity contribution in [1.82, 2.24) is 14.5 Å². The second kappa shape index (κ2) is 8.08. The summed E-state index contributed by atoms with van der Waals surface area (Å²) in [4.78, 5) is 14.4. The number of amides is 2. The highest BCUT2D eigenvalue weighted by Gasteiger charge is 2.37. The average Bonchev–Trinajstić information content (AvgIpc) is 2.76. The summed E-state index contributed by atoms with van der Waals surface area (Å²) in [5.41, 5.74) is 0. The Labute approximate surface area is 151 Å². The lowest BCUT2D eigenvalue weighted by Crippen LogP contribution is -2.50. The van der Waals surface area contributed by atoms with Crippen LogP contribution >= 0.6 is 0 Å². The summed E-state index contributed by atoms with van der Waals surface area (Å²) in [6.07, 6.45) is 14.3. The summed E-state index contributed by atoms with van der Waals surface area (Å²) >= 11 is 0. The molecule has 2 atom stereocenters. The van der Waals surface area contributed by atoms with Crippen molar-refractivity contribution in [3.8, 4) is 0 Å². The number of urea groups is 1. The van der Waals surface area contributed by atoms with Gasteiger partial charge >= 0.3 is 6.03 Å². The van der Waals surface area contributed by atoms with Gasteiger partial charge in [-0.05, 0) is 51.4 Å². The van der Waals surface area contributed by atoms with Crippen LogP contribution in [0, 0.1) is 0 Å². The van der Waals surface area contributed by atoms with Gasteiger partial charge in [0.2, 0.25) is 10.0 Å². The zero-order valence-electron chi connectivity index (χ0n) is 15.2. The lowest BCUT2D eigenvalue weighted by molar-refractivity contribution is 0.161. The Hall–Kier alpha value is -1.08. The molecule has 0 aromatic heterocycles. The molecule has 0 spiro atoms. The second-order valence-corrected chi connectivity index (χ2v) is 9.55. The predicted molar refractivity (Wildman–Crippen MR) is 98.8 cm³/mol. The minimum Gasteiger partial charge on any atom is -0.332 e. The predicted octanol–water partition coefficient (Wildman–Crippen LogP) is 2.47. The fourth-order valence-electron chi connectivity index (χ4n) is 4.20. The highest BCUT2D eigenvalue weighted by atomic mass is 32.2. The fourth-order valence-corrected chi connectivity index (χ4v) is 5.70. The van der Waals surface area contributed by atoms with Crippen molar-refractivity contribution in [2.24, 2.45) is 0 Å². The van der Waals surface area contributed by atoms with Crippen LogP contribution in [-0.2, 0) is 10.0 Å². The van der Waals surface area contributed by atoms with Crippen molar-refractivity contribution < 1.29 is 13.2 Å². The SMILES string of the molecule is CS(=O)(=O)N(C1CCC1)[C@@H]1CCCN(C(=O)N[C@@H]2C=CCCC2)CC1. The number of hydrogen-bond acceptors (Lipinski definition) is 3. The number of likely N-dealkylation sites (tertiary alicyclic amines) is 1. The van der Waals surface area contributed by atoms with Crippen LogP contribution < -0.4 is 5.32 Å². The van der Waals surface area contributed by atoms with Gasteiger partial charge in [-0.25, -0.2) is 13.2 Å². The first-order valence-electron chi connectivity index (χ1n) is 9.66. The molecule has 0 bridgehead atoms. The van der Waals surface area contributed by atoms with Gasteiger partial charge < -0.3 is 10.2 Å². The summed E-state index contributed by atoms with van der Waals surface area (Å²) in [6, 6.07) is 0.343. The molecule has 0 aromatic carbocycles. The van der Waals surface area contributed by atoms with E-state index in [9.17, 15) is 13.2 Å². The Morgan fingerprint density at radius 2 is 1.76 bits per heavy atom. The van der Waals surface area contributed by atoms with E-state index in [0.29, 0.717) is 13.1 Å². The van der Waals surface area contributed by atoms with E-state index in [4.69, 9.17) is 0 Å². The summed E-state index contributed by atoms with van der Waals surface area (Å²) < 4.78 is 26.3. The number of allylic oxidation sites excluding steroid dienone is 1. The lowest BCUT2D eigenvalue weighted by atomic mass is 9.91. The van der Waals surface area contributed by atoms with Gasteiger partial charge in [-0.2, -0.15) is 4.31 Å². The molecule has 2 amide bonds. The van der Waals surface area contributed by atoms with Gasteiger partial charge in [0.25, 0.3) is 0 Å². The van der Waals surface area contributed by atoms with Crippen molar-refractivity contribution in [2.75, 3.05) is 19.3 Å². The molecule has 3 rings (SSSR count). The van der Waals surface area contributed by atoms with E-state index < -0.39 is 10.0 Å². The van der Waals surface area contributed by atoms with Crippen LogP contribution in [0.15, 0.2) is 12.2 Å². The van der Waals surface area contributed by atoms with Crippen molar-refractivity contribution >= 4 is 16.1 Å². The lowest BCUT2D eigenvalue weighted by Gasteiger charge is -2.40. The Balaban J connectivity index is 1.58. The van der Waals surface area contributed by atoms with Gasteiger partial charge in [-0.1, -0.05) is 18.6 Å². The standard InChI is InChI=1S/C18H31N3O3S/c1-25(23,24)21(16-9-5-10-16)17-11-6-13-20(14-12-17)18(22)19-15-7-3-2-4-8-15/h3,7,15-17H,2,4-6,8-14H2,1H3,(H,19,22)/t15-,17-/m1/s1. The van der Waals surface area contributed by atoms with E-state index in [0.717, 1.165) is 57.8 Å². The van der Waals surface area contributed by atoms with E-state index >= 15 is 0 Å². The van der Waals surface area contributed by atoms with Crippen LogP contribution in [0.25, 0.3) is 0 Å². The van der Waals surface area contributed by atoms with Crippen molar-refractivity contribution in [3.05, 3.63) is 12.2 Å². The third kappa shape index (κ3) is 4.76. The Bertz CT molecular complexity index is 601. The minimum atomic E-state index is -3.20. The zero-order valence-corrected chi connectivity index (χ0v) is 16.0. The third-order valence-electron chi connectivity index (χ3n) is 5.73. The number of hydrogen-bond donors (Lipinski definition) is 1. The van der Waals surface area contributed by atoms with Crippen molar-refractivity contribution in [3.63, 3.8) is 0 Å². The molecule has 0 radical (unpaired) electrons. The summed E-state index contributed by atoms with van der Waals surface area (Å²) in [6.45, 7) is 1.34. The van der Waals surface area contributed by atoms with Crippen LogP contribution in [0.3, 0.4) is 0 Å². The first-order chi connectivity index (χ1) is 11.9. The van der Waals surface area contributed by atoms with E-state index in [1.807, 2.05) is 4.90 Å². The molecule has 1 aliphatic heterocycles. The maximum Gasteiger partial charge on any atom is 0.317 e. The summed E-state index contributed by atoms with van der Waals surface area (Å²) in [5, 5.41) is 3.10. The van der Waals surface area contributed by atoms with Gasteiger partial charge in [-0.3, -0.25) is 0 Å². The highest BCUT2D eigenvalue weighted by molar-refractivity contribution is 7.88. The molecule has 2 fully saturated rings. The van der Waals surface area contributed by atoms with E-state index in [1.165, 1.54) is 6.26 Å². The number of carbonyl (C=O) groups is 1. The zero-order chi connectivity index (χ0) is 17.9. The maximum absolute atomic E-state index is 12.5. The highest BCUT2D eigenvalue weighted by Crippen LogP contribution is 2.31. The molecule has 1 saturated heterocycles. The van der Waals surface area contributed by atoms with Crippen molar-refractivity contribution in [2.45, 2.75) is 75.9 Å². The summed E-state index contributed by atoms with van der Waals surface area (Å²) in [5.74, 6) is 0. The second-order valence-electron chi connectivity index (χ2n) is 7.66. The molecule has 6 nitrogen and oxygen atoms in total. The molecule has 25 heavy (non-hydrogen) atoms. The van der Waals surface area contributed by atoms with Gasteiger partial charge in [0.1, 0.15) is 0 Å². The maximum atomic E-state index is 12.5. The molecule has 1 saturated carbocycles. The Morgan fingerprint density at radius 3 is 2.36 bits per heavy atom. The van der Waals surface area contributed by atoms with Crippen LogP contribution in [-0.4, -0.2) is 61.1 Å². The smallest absolute Gasteiger partial charge is 0.317 e. The minimum absolute atomic E-state index is 0.00764. The molecule has 0 unspecified atom stereocenters. The molecule has 7 heteroatoms. The van der Waals surface area contributed by atoms with Crippen LogP contribution in [0.5, 0.6) is 0 Å². The first-order valence-corrected chi connectivity index (χ1v) is 11.5. The monoisotopic (exact) mass is 369 g/mol. The average molecular weight is 370 g/mol. The van der Waals surface area contributed by atoms with Gasteiger partial charge in [0.05, 0.1) is 6.26 Å². The molecular formula is C18H31N3O3S. The molecule has 1 N–H and O–H groups in total. The third-order valence-corrected chi connectivity index (χ3v) is 7.09. The van der Waals surface area contributed by atoms with Crippen LogP contribution in [0.4, 0.5) is 4.79 Å². The Kier molecular flexibility index (Phi) is 6.04. The first kappa shape index (κ1) is 18.7. The number of nitrogens with zero attached hydrogens (tertiary/aromatic N) is 2. The topological polar surface area (TPSA) is 69.7 Å². The molecule has 142 valence electrons. The van der Waals surface area contributed by atoms with Gasteiger partial charge in [0.15, 0.2) is 0 Å². The Morgan fingerprint density at radius 1 is 1.04 bits per heavy atom. The molecule has 1 heterocycles. The largest absolute Gasteiger partial charge is 0.332 e.